The Morgan fingerprint density at radius 1 is 1.19 bits per heavy atom. The Balaban J connectivity index is 2.77. The zero-order valence-corrected chi connectivity index (χ0v) is 26.4. The number of carbonyl (C=O) groups is 1. The lowest BCUT2D eigenvalue weighted by molar-refractivity contribution is -0.110. The molecule has 0 aromatic carbocycles. The number of aliphatic imine (C=N–C) groups is 3. The standard InChI is InChI=1S/C32H51N7O3/c1-26(22-34-13-9-15-38(6)7)10-11-30(12-14-33-5)23-35-24-36-27(2)20-31(41-8)21-32(28(3)29(4)37-25-40)39-16-18-42-19-17-39/h10,12,21-23,25,28-29,32,36H,2,5,11,13-14,16-20,24H2,1,3-4,6-8H3,(H,37,40)/b26-10-,30-12+,31-21+,34-22?,35-23?. The fraction of sp³-hybridized carbons (Fsp3) is 0.562. The van der Waals surface area contributed by atoms with Gasteiger partial charge in [0.25, 0.3) is 0 Å². The molecular formula is C32H51N7O3. The third-order valence-corrected chi connectivity index (χ3v) is 6.72. The molecule has 0 aliphatic carbocycles. The summed E-state index contributed by atoms with van der Waals surface area (Å²) in [7, 11) is 5.47. The minimum atomic E-state index is 0.00668. The van der Waals surface area contributed by atoms with Gasteiger partial charge in [-0.2, -0.15) is 0 Å². The average molecular weight is 582 g/mol. The molecule has 1 amide bonds. The van der Waals surface area contributed by atoms with Crippen LogP contribution in [0.15, 0.2) is 62.4 Å². The summed E-state index contributed by atoms with van der Waals surface area (Å²) in [6.07, 6.45) is 11.9. The summed E-state index contributed by atoms with van der Waals surface area (Å²) in [5.41, 5.74) is 2.89. The molecule has 1 rings (SSSR count). The van der Waals surface area contributed by atoms with Gasteiger partial charge in [-0.25, -0.2) is 0 Å². The number of amides is 1. The van der Waals surface area contributed by atoms with Crippen LogP contribution in [-0.2, 0) is 14.3 Å². The van der Waals surface area contributed by atoms with E-state index < -0.39 is 0 Å². The number of nitrogens with one attached hydrogen (secondary N) is 2. The van der Waals surface area contributed by atoms with Crippen LogP contribution in [-0.4, -0.2) is 115 Å². The molecule has 1 aliphatic rings. The van der Waals surface area contributed by atoms with E-state index in [-0.39, 0.29) is 18.0 Å². The van der Waals surface area contributed by atoms with E-state index in [4.69, 9.17) is 9.47 Å². The first-order chi connectivity index (χ1) is 20.2. The van der Waals surface area contributed by atoms with E-state index in [1.807, 2.05) is 46.4 Å². The van der Waals surface area contributed by atoms with E-state index in [2.05, 4.69) is 74.8 Å². The average Bonchev–Trinajstić information content (AvgIpc) is 2.98. The van der Waals surface area contributed by atoms with Crippen molar-refractivity contribution in [2.45, 2.75) is 45.7 Å². The number of hydrogen-bond acceptors (Lipinski definition) is 9. The molecule has 10 nitrogen and oxygen atoms in total. The highest BCUT2D eigenvalue weighted by Crippen LogP contribution is 2.21. The van der Waals surface area contributed by atoms with Crippen LogP contribution in [0.1, 0.15) is 33.6 Å². The maximum Gasteiger partial charge on any atom is 0.207 e. The van der Waals surface area contributed by atoms with E-state index in [1.165, 1.54) is 0 Å². The first kappa shape index (κ1) is 36.3. The third kappa shape index (κ3) is 15.9. The summed E-state index contributed by atoms with van der Waals surface area (Å²) in [6.45, 7) is 18.3. The molecule has 10 heteroatoms. The van der Waals surface area contributed by atoms with E-state index >= 15 is 0 Å². The zero-order valence-electron chi connectivity index (χ0n) is 26.4. The molecular weight excluding hydrogens is 530 g/mol. The number of hydrogen-bond donors (Lipinski definition) is 2. The first-order valence-corrected chi connectivity index (χ1v) is 14.3. The Labute approximate surface area is 253 Å². The fourth-order valence-corrected chi connectivity index (χ4v) is 4.13. The Hall–Kier alpha value is -3.68. The van der Waals surface area contributed by atoms with Crippen LogP contribution in [0.3, 0.4) is 0 Å². The van der Waals surface area contributed by atoms with Gasteiger partial charge in [-0.1, -0.05) is 31.6 Å². The summed E-state index contributed by atoms with van der Waals surface area (Å²) in [5.74, 6) is 3.96. The number of ether oxygens (including phenoxy) is 2. The molecule has 0 aromatic heterocycles. The van der Waals surface area contributed by atoms with Crippen molar-refractivity contribution in [1.82, 2.24) is 20.4 Å². The maximum atomic E-state index is 11.1. The van der Waals surface area contributed by atoms with E-state index in [9.17, 15) is 4.79 Å². The van der Waals surface area contributed by atoms with Gasteiger partial charge in [0.05, 0.1) is 32.6 Å². The smallest absolute Gasteiger partial charge is 0.207 e. The van der Waals surface area contributed by atoms with Crippen molar-refractivity contribution in [2.24, 2.45) is 20.9 Å². The summed E-state index contributed by atoms with van der Waals surface area (Å²) < 4.78 is 11.3. The molecule has 0 radical (unpaired) electrons. The predicted octanol–water partition coefficient (Wildman–Crippen LogP) is 3.07. The van der Waals surface area contributed by atoms with E-state index in [0.29, 0.717) is 45.8 Å². The molecule has 0 bridgehead atoms. The van der Waals surface area contributed by atoms with Gasteiger partial charge in [0.15, 0.2) is 0 Å². The summed E-state index contributed by atoms with van der Waals surface area (Å²) in [6, 6.07) is 3.03. The van der Waals surface area contributed by atoms with Gasteiger partial charge in [0, 0.05) is 69.9 Å². The van der Waals surface area contributed by atoms with Gasteiger partial charge in [0.2, 0.25) is 6.41 Å². The number of allylic oxidation sites excluding steroid dienone is 3. The Morgan fingerprint density at radius 3 is 2.57 bits per heavy atom. The summed E-state index contributed by atoms with van der Waals surface area (Å²) in [5, 5.41) is 6.18. The van der Waals surface area contributed by atoms with Crippen molar-refractivity contribution in [3.05, 3.63) is 47.4 Å². The topological polar surface area (TPSA) is 103 Å². The van der Waals surface area contributed by atoms with Crippen molar-refractivity contribution < 1.29 is 14.3 Å². The molecule has 42 heavy (non-hydrogen) atoms. The summed E-state index contributed by atoms with van der Waals surface area (Å²) >= 11 is 0. The van der Waals surface area contributed by atoms with Gasteiger partial charge in [-0.3, -0.25) is 24.7 Å². The lowest BCUT2D eigenvalue weighted by atomic mass is 9.92. The van der Waals surface area contributed by atoms with Crippen LogP contribution in [0.5, 0.6) is 0 Å². The van der Waals surface area contributed by atoms with Crippen LogP contribution < -0.4 is 10.6 Å². The lowest BCUT2D eigenvalue weighted by Crippen LogP contribution is -2.50. The second-order valence-corrected chi connectivity index (χ2v) is 10.3. The molecule has 0 saturated carbocycles. The van der Waals surface area contributed by atoms with Crippen molar-refractivity contribution in [3.8, 4) is 12.0 Å². The highest BCUT2D eigenvalue weighted by molar-refractivity contribution is 5.81. The van der Waals surface area contributed by atoms with Crippen LogP contribution in [0, 0.1) is 17.9 Å². The maximum absolute atomic E-state index is 11.1. The Bertz CT molecular complexity index is 1040. The van der Waals surface area contributed by atoms with Crippen LogP contribution >= 0.6 is 0 Å². The quantitative estimate of drug-likeness (QED) is 0.0799. The van der Waals surface area contributed by atoms with Crippen molar-refractivity contribution >= 4 is 25.6 Å². The lowest BCUT2D eigenvalue weighted by Gasteiger charge is -2.38. The van der Waals surface area contributed by atoms with Crippen molar-refractivity contribution in [1.29, 1.82) is 0 Å². The number of carbonyl (C=O) groups excluding carboxylic acids is 1. The van der Waals surface area contributed by atoms with Crippen LogP contribution in [0.25, 0.3) is 0 Å². The van der Waals surface area contributed by atoms with Crippen molar-refractivity contribution in [3.63, 3.8) is 0 Å². The second-order valence-electron chi connectivity index (χ2n) is 10.3. The molecule has 3 atom stereocenters. The van der Waals surface area contributed by atoms with Gasteiger partial charge in [-0.05, 0) is 50.1 Å². The molecule has 1 fully saturated rings. The molecule has 0 spiro atoms. The molecule has 3 unspecified atom stereocenters. The second kappa shape index (κ2) is 22.0. The van der Waals surface area contributed by atoms with E-state index in [1.54, 1.807) is 12.0 Å². The molecule has 1 saturated heterocycles. The number of methoxy groups -OCH3 is 1. The molecule has 0 aromatic rings. The van der Waals surface area contributed by atoms with Gasteiger partial charge in [-0.15, -0.1) is 0 Å². The van der Waals surface area contributed by atoms with Gasteiger partial charge in [0.1, 0.15) is 13.2 Å². The molecule has 232 valence electrons. The molecule has 1 heterocycles. The first-order valence-electron chi connectivity index (χ1n) is 14.3. The number of rotatable bonds is 19. The van der Waals surface area contributed by atoms with Gasteiger partial charge >= 0.3 is 0 Å². The number of morpholine rings is 1. The van der Waals surface area contributed by atoms with Crippen molar-refractivity contribution in [2.75, 3.05) is 67.3 Å². The minimum absolute atomic E-state index is 0.00668. The SMILES string of the molecule is C=NC/C=C(/C=NCNC(=C)C/C(=C\C(C(C)C(C)NC=O)N1CCOCC1)OC)C/C=C(/C)C=NCC#CN(C)C. The van der Waals surface area contributed by atoms with Crippen LogP contribution in [0.4, 0.5) is 0 Å². The van der Waals surface area contributed by atoms with Crippen LogP contribution in [0.2, 0.25) is 0 Å². The molecule has 2 N–H and O–H groups in total. The largest absolute Gasteiger partial charge is 0.501 e. The third-order valence-electron chi connectivity index (χ3n) is 6.72. The molecule has 1 aliphatic heterocycles. The van der Waals surface area contributed by atoms with E-state index in [0.717, 1.165) is 42.1 Å². The highest BCUT2D eigenvalue weighted by Gasteiger charge is 2.28. The Kier molecular flexibility index (Phi) is 19.0. The normalized spacial score (nSPS) is 17.2. The highest BCUT2D eigenvalue weighted by atomic mass is 16.5. The Morgan fingerprint density at radius 2 is 1.93 bits per heavy atom. The zero-order chi connectivity index (χ0) is 31.2. The monoisotopic (exact) mass is 581 g/mol. The number of nitrogens with zero attached hydrogens (tertiary/aromatic N) is 5. The minimum Gasteiger partial charge on any atom is -0.501 e. The summed E-state index contributed by atoms with van der Waals surface area (Å²) in [4.78, 5) is 28.1. The fourth-order valence-electron chi connectivity index (χ4n) is 4.13. The predicted molar refractivity (Wildman–Crippen MR) is 175 cm³/mol. The van der Waals surface area contributed by atoms with Gasteiger partial charge < -0.3 is 25.0 Å².